The fourth-order valence-electron chi connectivity index (χ4n) is 3.24. The molecule has 1 N–H and O–H groups in total. The maximum absolute atomic E-state index is 12.7. The van der Waals surface area contributed by atoms with E-state index in [9.17, 15) is 9.59 Å². The minimum absolute atomic E-state index is 0.0127. The maximum Gasteiger partial charge on any atom is 0.274 e. The highest BCUT2D eigenvalue weighted by Gasteiger charge is 2.31. The van der Waals surface area contributed by atoms with E-state index in [1.54, 1.807) is 15.3 Å². The average Bonchev–Trinajstić information content (AvgIpc) is 3.26. The molecule has 0 unspecified atom stereocenters. The zero-order chi connectivity index (χ0) is 17.4. The molecule has 132 valence electrons. The van der Waals surface area contributed by atoms with Gasteiger partial charge in [0.15, 0.2) is 5.69 Å². The number of nitrogens with one attached hydrogen (secondary N) is 1. The predicted molar refractivity (Wildman–Crippen MR) is 90.6 cm³/mol. The summed E-state index contributed by atoms with van der Waals surface area (Å²) in [4.78, 5) is 33.7. The first-order chi connectivity index (χ1) is 12.1. The van der Waals surface area contributed by atoms with Crippen molar-refractivity contribution < 1.29 is 14.3 Å². The van der Waals surface area contributed by atoms with Gasteiger partial charge in [0.25, 0.3) is 11.8 Å². The van der Waals surface area contributed by atoms with Crippen LogP contribution in [0.1, 0.15) is 37.1 Å². The molecule has 1 fully saturated rings. The summed E-state index contributed by atoms with van der Waals surface area (Å²) in [5.41, 5.74) is 4.71. The van der Waals surface area contributed by atoms with Crippen LogP contribution < -0.4 is 0 Å². The predicted octanol–water partition coefficient (Wildman–Crippen LogP) is 0.846. The minimum Gasteiger partial charge on any atom is -0.378 e. The van der Waals surface area contributed by atoms with E-state index >= 15 is 0 Å². The van der Waals surface area contributed by atoms with Gasteiger partial charge in [-0.1, -0.05) is 0 Å². The lowest BCUT2D eigenvalue weighted by molar-refractivity contribution is 0.0298. The number of hydrogen-bond acceptors (Lipinski definition) is 6. The van der Waals surface area contributed by atoms with Crippen molar-refractivity contribution in [2.75, 3.05) is 32.8 Å². The Balaban J connectivity index is 1.51. The number of carbonyl (C=O) groups is 2. The number of amides is 2. The van der Waals surface area contributed by atoms with Crippen molar-refractivity contribution in [2.24, 2.45) is 0 Å². The summed E-state index contributed by atoms with van der Waals surface area (Å²) in [6.07, 6.45) is 0.626. The highest BCUT2D eigenvalue weighted by molar-refractivity contribution is 7.11. The standard InChI is InChI=1S/C16H19N5O3S/c1-10-14(25-9-17-10)16(23)21-3-2-11-12(8-21)18-19-13(11)15(22)20-4-6-24-7-5-20/h9H,2-8H2,1H3,(H,18,19). The van der Waals surface area contributed by atoms with Gasteiger partial charge < -0.3 is 14.5 Å². The van der Waals surface area contributed by atoms with E-state index in [0.717, 1.165) is 17.0 Å². The molecule has 0 spiro atoms. The van der Waals surface area contributed by atoms with Gasteiger partial charge in [0.2, 0.25) is 0 Å². The summed E-state index contributed by atoms with van der Waals surface area (Å²) >= 11 is 1.36. The van der Waals surface area contributed by atoms with Crippen molar-refractivity contribution in [1.82, 2.24) is 25.0 Å². The van der Waals surface area contributed by atoms with Crippen molar-refractivity contribution in [3.05, 3.63) is 33.0 Å². The highest BCUT2D eigenvalue weighted by atomic mass is 32.1. The lowest BCUT2D eigenvalue weighted by Crippen LogP contribution is -2.41. The molecule has 25 heavy (non-hydrogen) atoms. The third kappa shape index (κ3) is 2.93. The molecule has 0 radical (unpaired) electrons. The Labute approximate surface area is 148 Å². The summed E-state index contributed by atoms with van der Waals surface area (Å²) in [7, 11) is 0. The third-order valence-corrected chi connectivity index (χ3v) is 5.58. The molecule has 0 aromatic carbocycles. The lowest BCUT2D eigenvalue weighted by atomic mass is 10.0. The van der Waals surface area contributed by atoms with Gasteiger partial charge in [-0.2, -0.15) is 5.10 Å². The van der Waals surface area contributed by atoms with Crippen LogP contribution in [0, 0.1) is 6.92 Å². The zero-order valence-electron chi connectivity index (χ0n) is 13.9. The first kappa shape index (κ1) is 16.2. The first-order valence-electron chi connectivity index (χ1n) is 8.27. The number of hydrogen-bond donors (Lipinski definition) is 1. The quantitative estimate of drug-likeness (QED) is 0.856. The molecule has 2 aliphatic heterocycles. The number of nitrogens with zero attached hydrogens (tertiary/aromatic N) is 4. The van der Waals surface area contributed by atoms with Gasteiger partial charge >= 0.3 is 0 Å². The number of H-pyrrole nitrogens is 1. The molecule has 1 saturated heterocycles. The molecule has 2 aromatic rings. The molecule has 0 atom stereocenters. The van der Waals surface area contributed by atoms with Crippen molar-refractivity contribution in [1.29, 1.82) is 0 Å². The van der Waals surface area contributed by atoms with E-state index < -0.39 is 0 Å². The number of rotatable bonds is 2. The maximum atomic E-state index is 12.7. The fourth-order valence-corrected chi connectivity index (χ4v) is 4.00. The van der Waals surface area contributed by atoms with E-state index in [-0.39, 0.29) is 11.8 Å². The van der Waals surface area contributed by atoms with Crippen LogP contribution >= 0.6 is 11.3 Å². The molecule has 4 rings (SSSR count). The smallest absolute Gasteiger partial charge is 0.274 e. The van der Waals surface area contributed by atoms with E-state index in [2.05, 4.69) is 15.2 Å². The van der Waals surface area contributed by atoms with E-state index in [1.165, 1.54) is 11.3 Å². The monoisotopic (exact) mass is 361 g/mol. The zero-order valence-corrected chi connectivity index (χ0v) is 14.8. The van der Waals surface area contributed by atoms with Crippen molar-refractivity contribution in [3.8, 4) is 0 Å². The van der Waals surface area contributed by atoms with Crippen LogP contribution in [0.2, 0.25) is 0 Å². The van der Waals surface area contributed by atoms with Crippen LogP contribution in [-0.4, -0.2) is 69.6 Å². The van der Waals surface area contributed by atoms with Crippen LogP contribution in [0.25, 0.3) is 0 Å². The second-order valence-corrected chi connectivity index (χ2v) is 7.03. The Kier molecular flexibility index (Phi) is 4.26. The number of aromatic amines is 1. The number of aryl methyl sites for hydroxylation is 1. The molecule has 2 aliphatic rings. The van der Waals surface area contributed by atoms with Crippen LogP contribution in [0.15, 0.2) is 5.51 Å². The molecule has 4 heterocycles. The molecule has 2 aromatic heterocycles. The van der Waals surface area contributed by atoms with Crippen molar-refractivity contribution >= 4 is 23.2 Å². The summed E-state index contributed by atoms with van der Waals surface area (Å²) in [5, 5.41) is 7.20. The van der Waals surface area contributed by atoms with Gasteiger partial charge in [-0.15, -0.1) is 11.3 Å². The molecule has 2 amide bonds. The molecule has 0 aliphatic carbocycles. The number of carbonyl (C=O) groups excluding carboxylic acids is 2. The van der Waals surface area contributed by atoms with Crippen LogP contribution in [0.5, 0.6) is 0 Å². The molecule has 9 heteroatoms. The van der Waals surface area contributed by atoms with E-state index in [4.69, 9.17) is 4.74 Å². The van der Waals surface area contributed by atoms with Gasteiger partial charge in [-0.25, -0.2) is 4.98 Å². The molecular weight excluding hydrogens is 342 g/mol. The van der Waals surface area contributed by atoms with Gasteiger partial charge in [-0.3, -0.25) is 14.7 Å². The Morgan fingerprint density at radius 2 is 2.00 bits per heavy atom. The number of morpholine rings is 1. The Morgan fingerprint density at radius 1 is 1.20 bits per heavy atom. The highest BCUT2D eigenvalue weighted by Crippen LogP contribution is 2.24. The second-order valence-electron chi connectivity index (χ2n) is 6.18. The van der Waals surface area contributed by atoms with Crippen molar-refractivity contribution in [3.63, 3.8) is 0 Å². The van der Waals surface area contributed by atoms with Crippen molar-refractivity contribution in [2.45, 2.75) is 19.9 Å². The normalized spacial score (nSPS) is 17.5. The third-order valence-electron chi connectivity index (χ3n) is 4.66. The Morgan fingerprint density at radius 3 is 2.72 bits per heavy atom. The number of aromatic nitrogens is 3. The molecular formula is C16H19N5O3S. The van der Waals surface area contributed by atoms with E-state index in [1.807, 2.05) is 6.92 Å². The van der Waals surface area contributed by atoms with Crippen LogP contribution in [0.4, 0.5) is 0 Å². The van der Waals surface area contributed by atoms with Gasteiger partial charge in [0.1, 0.15) is 4.88 Å². The Bertz CT molecular complexity index is 809. The van der Waals surface area contributed by atoms with Crippen LogP contribution in [0.3, 0.4) is 0 Å². The van der Waals surface area contributed by atoms with Gasteiger partial charge in [0, 0.05) is 25.2 Å². The Hall–Kier alpha value is -2.26. The molecule has 0 bridgehead atoms. The molecule has 0 saturated carbocycles. The average molecular weight is 361 g/mol. The summed E-state index contributed by atoms with van der Waals surface area (Å²) < 4.78 is 5.29. The molecule has 8 nitrogen and oxygen atoms in total. The second kappa shape index (κ2) is 6.57. The van der Waals surface area contributed by atoms with Gasteiger partial charge in [-0.05, 0) is 13.3 Å². The number of thiazole rings is 1. The van der Waals surface area contributed by atoms with E-state index in [0.29, 0.717) is 56.4 Å². The summed E-state index contributed by atoms with van der Waals surface area (Å²) in [6, 6.07) is 0. The summed E-state index contributed by atoms with van der Waals surface area (Å²) in [6.45, 7) is 5.17. The topological polar surface area (TPSA) is 91.4 Å². The number of ether oxygens (including phenoxy) is 1. The largest absolute Gasteiger partial charge is 0.378 e. The van der Waals surface area contributed by atoms with Gasteiger partial charge in [0.05, 0.1) is 36.7 Å². The summed E-state index contributed by atoms with van der Waals surface area (Å²) in [5.74, 6) is -0.0693. The minimum atomic E-state index is -0.0566. The lowest BCUT2D eigenvalue weighted by Gasteiger charge is -2.28. The fraction of sp³-hybridized carbons (Fsp3) is 0.500. The SMILES string of the molecule is Cc1ncsc1C(=O)N1CCc2c(C(=O)N3CCOCC3)n[nH]c2C1. The first-order valence-corrected chi connectivity index (χ1v) is 9.15. The van der Waals surface area contributed by atoms with Crippen LogP contribution in [-0.2, 0) is 17.7 Å². The number of fused-ring (bicyclic) bond motifs is 1.